The molecule has 1 aliphatic carbocycles. The molecule has 76 valence electrons. The molecule has 0 aromatic rings. The Balaban J connectivity index is 2.64. The van der Waals surface area contributed by atoms with Crippen molar-refractivity contribution >= 4 is 5.97 Å². The van der Waals surface area contributed by atoms with E-state index in [1.54, 1.807) is 0 Å². The highest BCUT2D eigenvalue weighted by Crippen LogP contribution is 2.45. The van der Waals surface area contributed by atoms with Crippen molar-refractivity contribution in [3.8, 4) is 0 Å². The summed E-state index contributed by atoms with van der Waals surface area (Å²) in [6.07, 6.45) is 3.94. The molecule has 0 amide bonds. The Bertz CT molecular complexity index is 193. The summed E-state index contributed by atoms with van der Waals surface area (Å²) in [5.41, 5.74) is 5.78. The smallest absolute Gasteiger partial charge is 0.306 e. The molecule has 0 aliphatic heterocycles. The second kappa shape index (κ2) is 4.09. The fourth-order valence-electron chi connectivity index (χ4n) is 2.31. The summed E-state index contributed by atoms with van der Waals surface area (Å²) in [4.78, 5) is 11.2. The van der Waals surface area contributed by atoms with Crippen molar-refractivity contribution in [3.63, 3.8) is 0 Å². The molecular weight excluding hydrogens is 166 g/mol. The van der Waals surface area contributed by atoms with E-state index >= 15 is 0 Å². The van der Waals surface area contributed by atoms with E-state index in [1.165, 1.54) is 20.0 Å². The predicted molar refractivity (Wildman–Crippen MR) is 51.1 cm³/mol. The van der Waals surface area contributed by atoms with E-state index in [0.717, 1.165) is 6.42 Å². The summed E-state index contributed by atoms with van der Waals surface area (Å²) in [7, 11) is 1.44. The first-order chi connectivity index (χ1) is 6.14. The van der Waals surface area contributed by atoms with Crippen molar-refractivity contribution in [1.82, 2.24) is 0 Å². The summed E-state index contributed by atoms with van der Waals surface area (Å²) >= 11 is 0. The Kier molecular flexibility index (Phi) is 3.31. The van der Waals surface area contributed by atoms with Crippen LogP contribution in [0.4, 0.5) is 0 Å². The average molecular weight is 185 g/mol. The summed E-state index contributed by atoms with van der Waals surface area (Å²) in [5, 5.41) is 0. The van der Waals surface area contributed by atoms with Gasteiger partial charge in [-0.2, -0.15) is 0 Å². The maximum atomic E-state index is 11.2. The monoisotopic (exact) mass is 185 g/mol. The standard InChI is InChI=1S/C10H19NO2/c1-8-4-3-5-10(8,7-11)6-9(12)13-2/h8H,3-7,11H2,1-2H3. The van der Waals surface area contributed by atoms with Gasteiger partial charge in [0.15, 0.2) is 0 Å². The molecular formula is C10H19NO2. The van der Waals surface area contributed by atoms with Crippen LogP contribution in [0.3, 0.4) is 0 Å². The Labute approximate surface area is 79.6 Å². The highest BCUT2D eigenvalue weighted by molar-refractivity contribution is 5.70. The van der Waals surface area contributed by atoms with Crippen LogP contribution >= 0.6 is 0 Å². The largest absolute Gasteiger partial charge is 0.469 e. The number of esters is 1. The van der Waals surface area contributed by atoms with Gasteiger partial charge < -0.3 is 10.5 Å². The van der Waals surface area contributed by atoms with E-state index in [-0.39, 0.29) is 11.4 Å². The van der Waals surface area contributed by atoms with Gasteiger partial charge in [-0.05, 0) is 24.3 Å². The lowest BCUT2D eigenvalue weighted by atomic mass is 9.76. The molecule has 2 atom stereocenters. The van der Waals surface area contributed by atoms with E-state index < -0.39 is 0 Å². The Morgan fingerprint density at radius 3 is 2.77 bits per heavy atom. The number of methoxy groups -OCH3 is 1. The minimum atomic E-state index is -0.126. The molecule has 3 nitrogen and oxygen atoms in total. The van der Waals surface area contributed by atoms with E-state index in [0.29, 0.717) is 18.9 Å². The second-order valence-corrected chi connectivity index (χ2v) is 4.11. The zero-order valence-corrected chi connectivity index (χ0v) is 8.51. The van der Waals surface area contributed by atoms with Gasteiger partial charge in [0.05, 0.1) is 13.5 Å². The average Bonchev–Trinajstić information content (AvgIpc) is 2.48. The Hall–Kier alpha value is -0.570. The van der Waals surface area contributed by atoms with Crippen molar-refractivity contribution in [2.75, 3.05) is 13.7 Å². The van der Waals surface area contributed by atoms with Gasteiger partial charge in [0, 0.05) is 0 Å². The normalized spacial score (nSPS) is 33.3. The molecule has 0 aromatic heterocycles. The van der Waals surface area contributed by atoms with Gasteiger partial charge in [-0.15, -0.1) is 0 Å². The molecule has 0 saturated heterocycles. The molecule has 0 bridgehead atoms. The van der Waals surface area contributed by atoms with Crippen LogP contribution in [-0.4, -0.2) is 19.6 Å². The van der Waals surface area contributed by atoms with Crippen molar-refractivity contribution in [1.29, 1.82) is 0 Å². The van der Waals surface area contributed by atoms with Crippen molar-refractivity contribution in [2.45, 2.75) is 32.6 Å². The Morgan fingerprint density at radius 2 is 2.38 bits per heavy atom. The minimum Gasteiger partial charge on any atom is -0.469 e. The minimum absolute atomic E-state index is 0.0209. The third kappa shape index (κ3) is 2.02. The lowest BCUT2D eigenvalue weighted by Crippen LogP contribution is -2.35. The fraction of sp³-hybridized carbons (Fsp3) is 0.900. The van der Waals surface area contributed by atoms with Crippen LogP contribution < -0.4 is 5.73 Å². The lowest BCUT2D eigenvalue weighted by molar-refractivity contribution is -0.143. The molecule has 1 fully saturated rings. The molecule has 1 rings (SSSR count). The van der Waals surface area contributed by atoms with E-state index in [4.69, 9.17) is 10.5 Å². The molecule has 1 saturated carbocycles. The van der Waals surface area contributed by atoms with Gasteiger partial charge >= 0.3 is 5.97 Å². The second-order valence-electron chi connectivity index (χ2n) is 4.11. The van der Waals surface area contributed by atoms with Crippen LogP contribution in [0.15, 0.2) is 0 Å². The zero-order chi connectivity index (χ0) is 9.90. The van der Waals surface area contributed by atoms with Crippen molar-refractivity contribution < 1.29 is 9.53 Å². The number of carbonyl (C=O) groups excluding carboxylic acids is 1. The molecule has 2 unspecified atom stereocenters. The SMILES string of the molecule is COC(=O)CC1(CN)CCCC1C. The van der Waals surface area contributed by atoms with Crippen LogP contribution in [0.2, 0.25) is 0 Å². The summed E-state index contributed by atoms with van der Waals surface area (Å²) < 4.78 is 4.69. The highest BCUT2D eigenvalue weighted by atomic mass is 16.5. The third-order valence-corrected chi connectivity index (χ3v) is 3.49. The van der Waals surface area contributed by atoms with Crippen LogP contribution in [0.1, 0.15) is 32.6 Å². The summed E-state index contributed by atoms with van der Waals surface area (Å²) in [6, 6.07) is 0. The molecule has 2 N–H and O–H groups in total. The number of rotatable bonds is 3. The number of carbonyl (C=O) groups is 1. The Morgan fingerprint density at radius 1 is 1.69 bits per heavy atom. The van der Waals surface area contributed by atoms with Gasteiger partial charge in [-0.25, -0.2) is 0 Å². The van der Waals surface area contributed by atoms with Crippen molar-refractivity contribution in [3.05, 3.63) is 0 Å². The number of hydrogen-bond donors (Lipinski definition) is 1. The van der Waals surface area contributed by atoms with Crippen LogP contribution in [0.25, 0.3) is 0 Å². The molecule has 0 heterocycles. The van der Waals surface area contributed by atoms with E-state index in [1.807, 2.05) is 0 Å². The van der Waals surface area contributed by atoms with Crippen LogP contribution in [0, 0.1) is 11.3 Å². The first-order valence-corrected chi connectivity index (χ1v) is 4.91. The highest BCUT2D eigenvalue weighted by Gasteiger charge is 2.40. The molecule has 3 heteroatoms. The molecule has 0 radical (unpaired) electrons. The van der Waals surface area contributed by atoms with E-state index in [2.05, 4.69) is 6.92 Å². The molecule has 0 spiro atoms. The third-order valence-electron chi connectivity index (χ3n) is 3.49. The molecule has 0 aromatic carbocycles. The fourth-order valence-corrected chi connectivity index (χ4v) is 2.31. The maximum Gasteiger partial charge on any atom is 0.306 e. The summed E-state index contributed by atoms with van der Waals surface area (Å²) in [6.45, 7) is 2.78. The first-order valence-electron chi connectivity index (χ1n) is 4.91. The number of nitrogens with two attached hydrogens (primary N) is 1. The topological polar surface area (TPSA) is 52.3 Å². The van der Waals surface area contributed by atoms with Crippen molar-refractivity contribution in [2.24, 2.45) is 17.1 Å². The zero-order valence-electron chi connectivity index (χ0n) is 8.51. The van der Waals surface area contributed by atoms with Gasteiger partial charge in [0.2, 0.25) is 0 Å². The van der Waals surface area contributed by atoms with Gasteiger partial charge in [0.1, 0.15) is 0 Å². The van der Waals surface area contributed by atoms with Crippen LogP contribution in [0.5, 0.6) is 0 Å². The van der Waals surface area contributed by atoms with Gasteiger partial charge in [-0.3, -0.25) is 4.79 Å². The molecule has 1 aliphatic rings. The lowest BCUT2D eigenvalue weighted by Gasteiger charge is -2.31. The predicted octanol–water partition coefficient (Wildman–Crippen LogP) is 1.31. The first kappa shape index (κ1) is 10.5. The van der Waals surface area contributed by atoms with Gasteiger partial charge in [-0.1, -0.05) is 19.8 Å². The quantitative estimate of drug-likeness (QED) is 0.674. The number of ether oxygens (including phenoxy) is 1. The van der Waals surface area contributed by atoms with Crippen LogP contribution in [-0.2, 0) is 9.53 Å². The van der Waals surface area contributed by atoms with E-state index in [9.17, 15) is 4.79 Å². The number of hydrogen-bond acceptors (Lipinski definition) is 3. The summed E-state index contributed by atoms with van der Waals surface area (Å²) in [5.74, 6) is 0.427. The van der Waals surface area contributed by atoms with Gasteiger partial charge in [0.25, 0.3) is 0 Å². The maximum absolute atomic E-state index is 11.2. The molecule has 13 heavy (non-hydrogen) atoms.